The van der Waals surface area contributed by atoms with E-state index < -0.39 is 5.60 Å². The van der Waals surface area contributed by atoms with Crippen LogP contribution in [0.3, 0.4) is 0 Å². The van der Waals surface area contributed by atoms with Crippen LogP contribution in [0, 0.1) is 12.7 Å². The van der Waals surface area contributed by atoms with Crippen molar-refractivity contribution in [3.63, 3.8) is 0 Å². The SMILES string of the molecule is CCNC(=NCc1ccc(F)c(C)c1)NCC(C)(O)c1ccccc1.I. The molecule has 26 heavy (non-hydrogen) atoms. The lowest BCUT2D eigenvalue weighted by Crippen LogP contribution is -2.44. The van der Waals surface area contributed by atoms with Gasteiger partial charge in [-0.1, -0.05) is 42.5 Å². The van der Waals surface area contributed by atoms with Crippen molar-refractivity contribution < 1.29 is 9.50 Å². The number of benzene rings is 2. The van der Waals surface area contributed by atoms with Gasteiger partial charge < -0.3 is 15.7 Å². The summed E-state index contributed by atoms with van der Waals surface area (Å²) in [6.07, 6.45) is 0. The van der Waals surface area contributed by atoms with Crippen LogP contribution in [-0.2, 0) is 12.1 Å². The monoisotopic (exact) mass is 471 g/mol. The van der Waals surface area contributed by atoms with E-state index in [9.17, 15) is 9.50 Å². The first kappa shape index (κ1) is 22.4. The second-order valence-electron chi connectivity index (χ2n) is 6.27. The van der Waals surface area contributed by atoms with Crippen molar-refractivity contribution in [2.24, 2.45) is 4.99 Å². The molecule has 0 aliphatic rings. The molecule has 0 amide bonds. The van der Waals surface area contributed by atoms with Crippen molar-refractivity contribution in [2.45, 2.75) is 32.9 Å². The number of aliphatic imine (C=N–C) groups is 1. The van der Waals surface area contributed by atoms with Crippen molar-refractivity contribution in [3.8, 4) is 0 Å². The van der Waals surface area contributed by atoms with E-state index in [-0.39, 0.29) is 29.8 Å². The third kappa shape index (κ3) is 6.57. The first-order valence-corrected chi connectivity index (χ1v) is 8.47. The zero-order chi connectivity index (χ0) is 18.3. The van der Waals surface area contributed by atoms with E-state index in [0.29, 0.717) is 31.2 Å². The van der Waals surface area contributed by atoms with Crippen LogP contribution in [-0.4, -0.2) is 24.2 Å². The highest BCUT2D eigenvalue weighted by molar-refractivity contribution is 14.0. The largest absolute Gasteiger partial charge is 0.384 e. The lowest BCUT2D eigenvalue weighted by atomic mass is 9.96. The van der Waals surface area contributed by atoms with Crippen molar-refractivity contribution in [3.05, 3.63) is 71.0 Å². The molecular formula is C20H27FIN3O. The minimum absolute atomic E-state index is 0. The highest BCUT2D eigenvalue weighted by Gasteiger charge is 2.22. The minimum atomic E-state index is -1.01. The molecule has 0 saturated carbocycles. The third-order valence-electron chi connectivity index (χ3n) is 3.98. The molecule has 4 nitrogen and oxygen atoms in total. The van der Waals surface area contributed by atoms with Gasteiger partial charge in [0.15, 0.2) is 5.96 Å². The second-order valence-corrected chi connectivity index (χ2v) is 6.27. The average molecular weight is 471 g/mol. The van der Waals surface area contributed by atoms with E-state index in [2.05, 4.69) is 15.6 Å². The Morgan fingerprint density at radius 1 is 1.15 bits per heavy atom. The molecule has 142 valence electrons. The maximum absolute atomic E-state index is 13.3. The Morgan fingerprint density at radius 3 is 2.46 bits per heavy atom. The van der Waals surface area contributed by atoms with E-state index in [0.717, 1.165) is 11.1 Å². The van der Waals surface area contributed by atoms with Gasteiger partial charge in [0.05, 0.1) is 13.1 Å². The molecule has 2 aromatic rings. The fourth-order valence-corrected chi connectivity index (χ4v) is 2.47. The summed E-state index contributed by atoms with van der Waals surface area (Å²) >= 11 is 0. The highest BCUT2D eigenvalue weighted by atomic mass is 127. The van der Waals surface area contributed by atoms with Crippen molar-refractivity contribution in [1.29, 1.82) is 0 Å². The molecule has 3 N–H and O–H groups in total. The van der Waals surface area contributed by atoms with E-state index in [1.165, 1.54) is 6.07 Å². The first-order valence-electron chi connectivity index (χ1n) is 8.47. The average Bonchev–Trinajstić information content (AvgIpc) is 2.61. The van der Waals surface area contributed by atoms with Gasteiger partial charge in [-0.15, -0.1) is 24.0 Å². The number of rotatable bonds is 6. The summed E-state index contributed by atoms with van der Waals surface area (Å²) in [4.78, 5) is 4.51. The van der Waals surface area contributed by atoms with Crippen LogP contribution in [0.1, 0.15) is 30.5 Å². The normalized spacial score (nSPS) is 13.5. The quantitative estimate of drug-likeness (QED) is 0.342. The Bertz CT molecular complexity index is 720. The van der Waals surface area contributed by atoms with Gasteiger partial charge in [0.1, 0.15) is 11.4 Å². The third-order valence-corrected chi connectivity index (χ3v) is 3.98. The van der Waals surface area contributed by atoms with Crippen LogP contribution < -0.4 is 10.6 Å². The van der Waals surface area contributed by atoms with Gasteiger partial charge in [0, 0.05) is 6.54 Å². The lowest BCUT2D eigenvalue weighted by Gasteiger charge is -2.25. The molecule has 0 aliphatic carbocycles. The molecule has 6 heteroatoms. The van der Waals surface area contributed by atoms with E-state index in [1.807, 2.05) is 37.3 Å². The molecular weight excluding hydrogens is 444 g/mol. The summed E-state index contributed by atoms with van der Waals surface area (Å²) in [5.74, 6) is 0.400. The zero-order valence-electron chi connectivity index (χ0n) is 15.4. The fraction of sp³-hybridized carbons (Fsp3) is 0.350. The molecule has 0 saturated heterocycles. The van der Waals surface area contributed by atoms with Gasteiger partial charge in [0.2, 0.25) is 0 Å². The molecule has 0 spiro atoms. The number of aryl methyl sites for hydroxylation is 1. The van der Waals surface area contributed by atoms with Crippen LogP contribution in [0.4, 0.5) is 4.39 Å². The van der Waals surface area contributed by atoms with E-state index in [4.69, 9.17) is 0 Å². The van der Waals surface area contributed by atoms with E-state index >= 15 is 0 Å². The van der Waals surface area contributed by atoms with Gasteiger partial charge in [-0.05, 0) is 43.5 Å². The molecule has 1 atom stereocenters. The maximum atomic E-state index is 13.3. The lowest BCUT2D eigenvalue weighted by molar-refractivity contribution is 0.0617. The van der Waals surface area contributed by atoms with Gasteiger partial charge >= 0.3 is 0 Å². The Balaban J connectivity index is 0.00000338. The minimum Gasteiger partial charge on any atom is -0.384 e. The molecule has 0 aliphatic heterocycles. The second kappa shape index (κ2) is 10.5. The van der Waals surface area contributed by atoms with Gasteiger partial charge in [-0.2, -0.15) is 0 Å². The summed E-state index contributed by atoms with van der Waals surface area (Å²) in [6, 6.07) is 14.5. The molecule has 2 aromatic carbocycles. The van der Waals surface area contributed by atoms with Crippen molar-refractivity contribution >= 4 is 29.9 Å². The molecule has 0 radical (unpaired) electrons. The molecule has 0 aromatic heterocycles. The zero-order valence-corrected chi connectivity index (χ0v) is 17.8. The summed E-state index contributed by atoms with van der Waals surface area (Å²) in [7, 11) is 0. The number of hydrogen-bond acceptors (Lipinski definition) is 2. The standard InChI is InChI=1S/C20H26FN3O.HI/c1-4-22-19(23-13-16-10-11-18(21)15(2)12-16)24-14-20(3,25)17-8-6-5-7-9-17;/h5-12,25H,4,13-14H2,1-3H3,(H2,22,23,24);1H. The summed E-state index contributed by atoms with van der Waals surface area (Å²) in [6.45, 7) is 6.96. The van der Waals surface area contributed by atoms with Crippen molar-refractivity contribution in [1.82, 2.24) is 10.6 Å². The van der Waals surface area contributed by atoms with E-state index in [1.54, 1.807) is 26.0 Å². The van der Waals surface area contributed by atoms with Gasteiger partial charge in [-0.3, -0.25) is 0 Å². The molecule has 0 heterocycles. The molecule has 0 fully saturated rings. The van der Waals surface area contributed by atoms with Crippen LogP contribution in [0.15, 0.2) is 53.5 Å². The van der Waals surface area contributed by atoms with Crippen LogP contribution in [0.2, 0.25) is 0 Å². The highest BCUT2D eigenvalue weighted by Crippen LogP contribution is 2.18. The number of hydrogen-bond donors (Lipinski definition) is 3. The first-order chi connectivity index (χ1) is 11.9. The Kier molecular flexibility index (Phi) is 9.01. The number of guanidine groups is 1. The maximum Gasteiger partial charge on any atom is 0.191 e. The summed E-state index contributed by atoms with van der Waals surface area (Å²) in [5.41, 5.74) is 1.38. The molecule has 2 rings (SSSR count). The Labute approximate surface area is 172 Å². The smallest absolute Gasteiger partial charge is 0.191 e. The molecule has 1 unspecified atom stereocenters. The number of aliphatic hydroxyl groups is 1. The Hall–Kier alpha value is -1.67. The van der Waals surface area contributed by atoms with Crippen LogP contribution in [0.5, 0.6) is 0 Å². The predicted octanol–water partition coefficient (Wildman–Crippen LogP) is 3.71. The number of nitrogens with one attached hydrogen (secondary N) is 2. The molecule has 0 bridgehead atoms. The summed E-state index contributed by atoms with van der Waals surface area (Å²) < 4.78 is 13.3. The van der Waals surface area contributed by atoms with Crippen molar-refractivity contribution in [2.75, 3.05) is 13.1 Å². The van der Waals surface area contributed by atoms with Gasteiger partial charge in [-0.25, -0.2) is 9.38 Å². The van der Waals surface area contributed by atoms with Crippen LogP contribution in [0.25, 0.3) is 0 Å². The summed E-state index contributed by atoms with van der Waals surface area (Å²) in [5, 5.41) is 17.0. The topological polar surface area (TPSA) is 56.7 Å². The Morgan fingerprint density at radius 2 is 1.85 bits per heavy atom. The predicted molar refractivity (Wildman–Crippen MR) is 115 cm³/mol. The number of nitrogens with zero attached hydrogens (tertiary/aromatic N) is 1. The van der Waals surface area contributed by atoms with Gasteiger partial charge in [0.25, 0.3) is 0 Å². The fourth-order valence-electron chi connectivity index (χ4n) is 2.47. The number of halogens is 2. The van der Waals surface area contributed by atoms with Crippen LogP contribution >= 0.6 is 24.0 Å².